The summed E-state index contributed by atoms with van der Waals surface area (Å²) in [5.41, 5.74) is 0.135. The van der Waals surface area contributed by atoms with Crippen molar-refractivity contribution >= 4 is 11.9 Å². The fourth-order valence-electron chi connectivity index (χ4n) is 5.33. The fraction of sp³-hybridized carbons (Fsp3) is 0.588. The zero-order chi connectivity index (χ0) is 37.2. The summed E-state index contributed by atoms with van der Waals surface area (Å²) in [6.45, 7) is 7.15. The summed E-state index contributed by atoms with van der Waals surface area (Å²) in [7, 11) is 0. The molecule has 2 fully saturated rings. The summed E-state index contributed by atoms with van der Waals surface area (Å²) in [6, 6.07) is 8.93. The second kappa shape index (κ2) is 18.6. The molecular formula is C34H46O17. The third-order valence-corrected chi connectivity index (χ3v) is 7.84. The van der Waals surface area contributed by atoms with E-state index in [-0.39, 0.29) is 11.1 Å². The van der Waals surface area contributed by atoms with Gasteiger partial charge in [-0.2, -0.15) is 0 Å². The molecule has 0 aromatic heterocycles. The maximum absolute atomic E-state index is 12.9. The van der Waals surface area contributed by atoms with E-state index in [1.54, 1.807) is 39.8 Å². The molecular weight excluding hydrogens is 680 g/mol. The van der Waals surface area contributed by atoms with E-state index < -0.39 is 86.6 Å². The van der Waals surface area contributed by atoms with E-state index in [1.165, 1.54) is 24.3 Å². The average molecular weight is 727 g/mol. The molecule has 10 atom stereocenters. The number of carbonyl (C=O) groups excluding carboxylic acids is 2. The lowest BCUT2D eigenvalue weighted by Gasteiger charge is -2.44. The largest absolute Gasteiger partial charge is 0.494 e. The quantitative estimate of drug-likeness (QED) is 0.124. The molecule has 9 unspecified atom stereocenters. The zero-order valence-corrected chi connectivity index (χ0v) is 28.7. The molecule has 6 N–H and O–H groups in total. The first-order valence-corrected chi connectivity index (χ1v) is 16.6. The number of rotatable bonds is 16. The van der Waals surface area contributed by atoms with Crippen LogP contribution in [0.4, 0.5) is 0 Å². The van der Waals surface area contributed by atoms with E-state index >= 15 is 0 Å². The summed E-state index contributed by atoms with van der Waals surface area (Å²) < 4.78 is 49.4. The molecule has 284 valence electrons. The van der Waals surface area contributed by atoms with Crippen LogP contribution >= 0.6 is 0 Å². The highest BCUT2D eigenvalue weighted by Crippen LogP contribution is 2.30. The molecule has 2 aromatic rings. The van der Waals surface area contributed by atoms with Gasteiger partial charge in [0.15, 0.2) is 12.6 Å². The Balaban J connectivity index is 1.41. The number of esters is 2. The number of aliphatic hydroxyl groups excluding tert-OH is 6. The van der Waals surface area contributed by atoms with Crippen molar-refractivity contribution in [3.63, 3.8) is 0 Å². The van der Waals surface area contributed by atoms with Crippen LogP contribution in [-0.2, 0) is 23.7 Å². The van der Waals surface area contributed by atoms with Gasteiger partial charge in [0.1, 0.15) is 85.0 Å². The highest BCUT2D eigenvalue weighted by Gasteiger charge is 2.50. The number of ether oxygens (including phenoxy) is 9. The summed E-state index contributed by atoms with van der Waals surface area (Å²) in [4.78, 5) is 25.8. The number of hydrogen-bond donors (Lipinski definition) is 6. The number of hydrogen-bond acceptors (Lipinski definition) is 17. The Hall–Kier alpha value is -3.78. The fourth-order valence-corrected chi connectivity index (χ4v) is 5.33. The van der Waals surface area contributed by atoms with Gasteiger partial charge in [-0.1, -0.05) is 0 Å². The minimum Gasteiger partial charge on any atom is -0.494 e. The summed E-state index contributed by atoms with van der Waals surface area (Å²) in [5.74, 6) is -0.261. The average Bonchev–Trinajstić information content (AvgIpc) is 3.11. The van der Waals surface area contributed by atoms with E-state index in [2.05, 4.69) is 0 Å². The predicted octanol–water partition coefficient (Wildman–Crippen LogP) is -0.0730. The second-order valence-electron chi connectivity index (χ2n) is 11.5. The van der Waals surface area contributed by atoms with Gasteiger partial charge in [0.05, 0.1) is 37.6 Å². The van der Waals surface area contributed by atoms with Gasteiger partial charge in [0.2, 0.25) is 0 Å². The molecule has 2 heterocycles. The van der Waals surface area contributed by atoms with Gasteiger partial charge in [-0.15, -0.1) is 0 Å². The monoisotopic (exact) mass is 726 g/mol. The first-order valence-electron chi connectivity index (χ1n) is 16.6. The van der Waals surface area contributed by atoms with Crippen LogP contribution < -0.4 is 18.9 Å². The summed E-state index contributed by atoms with van der Waals surface area (Å²) >= 11 is 0. The minimum absolute atomic E-state index is 0.0674. The SMILES string of the molecule is CCOc1cc(OCC)cc(C(=O)OCC2OC(OC3OC(COC(=O)c4cc(OCC)cc(OCC)c4)C(O)C(O)[C@H]3O)C(O)C(O)C2O)c1. The van der Waals surface area contributed by atoms with Crippen molar-refractivity contribution in [1.29, 1.82) is 0 Å². The maximum atomic E-state index is 12.9. The lowest BCUT2D eigenvalue weighted by atomic mass is 9.98. The summed E-state index contributed by atoms with van der Waals surface area (Å²) in [5, 5.41) is 63.6. The highest BCUT2D eigenvalue weighted by atomic mass is 16.8. The third-order valence-electron chi connectivity index (χ3n) is 7.84. The molecule has 0 spiro atoms. The molecule has 2 aromatic carbocycles. The van der Waals surface area contributed by atoms with Crippen LogP contribution in [0.1, 0.15) is 48.4 Å². The van der Waals surface area contributed by atoms with Gasteiger partial charge >= 0.3 is 11.9 Å². The van der Waals surface area contributed by atoms with Crippen molar-refractivity contribution in [2.45, 2.75) is 89.1 Å². The van der Waals surface area contributed by atoms with Gasteiger partial charge in [0, 0.05) is 12.1 Å². The standard InChI is InChI=1S/C34H46O17/c1-5-43-19-9-17(10-20(13-19)44-6-2)31(41)47-15-23-25(35)27(37)29(39)33(49-23)51-34-30(40)28(38)26(36)24(50-34)16-48-32(42)18-11-21(45-7-3)14-22(12-18)46-8-4/h9-14,23-30,33-40H,5-8,15-16H2,1-4H3/t23?,24?,25?,26?,27?,28?,29-,30?,33?,34?/m1/s1. The molecule has 17 heteroatoms. The van der Waals surface area contributed by atoms with Crippen LogP contribution in [0.15, 0.2) is 36.4 Å². The number of aliphatic hydroxyl groups is 6. The van der Waals surface area contributed by atoms with Crippen LogP contribution in [0.5, 0.6) is 23.0 Å². The Bertz CT molecular complexity index is 1280. The van der Waals surface area contributed by atoms with Gasteiger partial charge in [-0.05, 0) is 52.0 Å². The van der Waals surface area contributed by atoms with Gasteiger partial charge in [-0.25, -0.2) is 9.59 Å². The van der Waals surface area contributed by atoms with E-state index in [1.807, 2.05) is 0 Å². The van der Waals surface area contributed by atoms with Gasteiger partial charge < -0.3 is 73.3 Å². The van der Waals surface area contributed by atoms with Crippen LogP contribution in [0.25, 0.3) is 0 Å². The maximum Gasteiger partial charge on any atom is 0.338 e. The number of benzene rings is 2. The minimum atomic E-state index is -1.91. The Labute approximate surface area is 294 Å². The molecule has 0 saturated carbocycles. The van der Waals surface area contributed by atoms with Crippen LogP contribution in [0.2, 0.25) is 0 Å². The van der Waals surface area contributed by atoms with Crippen molar-refractivity contribution in [1.82, 2.24) is 0 Å². The van der Waals surface area contributed by atoms with Gasteiger partial charge in [-0.3, -0.25) is 0 Å². The lowest BCUT2D eigenvalue weighted by Crippen LogP contribution is -2.64. The normalized spacial score (nSPS) is 29.1. The van der Waals surface area contributed by atoms with E-state index in [9.17, 15) is 40.2 Å². The molecule has 0 bridgehead atoms. The van der Waals surface area contributed by atoms with Crippen LogP contribution in [-0.4, -0.2) is 144 Å². The van der Waals surface area contributed by atoms with Crippen molar-refractivity contribution < 1.29 is 82.9 Å². The molecule has 0 radical (unpaired) electrons. The predicted molar refractivity (Wildman–Crippen MR) is 173 cm³/mol. The smallest absolute Gasteiger partial charge is 0.338 e. The Morgan fingerprint density at radius 2 is 0.824 bits per heavy atom. The summed E-state index contributed by atoms with van der Waals surface area (Å²) in [6.07, 6.45) is -17.6. The first kappa shape index (κ1) is 40.0. The highest BCUT2D eigenvalue weighted by molar-refractivity contribution is 5.91. The van der Waals surface area contributed by atoms with E-state index in [4.69, 9.17) is 42.6 Å². The van der Waals surface area contributed by atoms with E-state index in [0.717, 1.165) is 0 Å². The molecule has 51 heavy (non-hydrogen) atoms. The Morgan fingerprint density at radius 3 is 1.12 bits per heavy atom. The zero-order valence-electron chi connectivity index (χ0n) is 28.7. The second-order valence-corrected chi connectivity index (χ2v) is 11.5. The first-order chi connectivity index (χ1) is 24.4. The van der Waals surface area contributed by atoms with Crippen molar-refractivity contribution in [2.75, 3.05) is 39.6 Å². The lowest BCUT2D eigenvalue weighted by molar-refractivity contribution is -0.376. The molecule has 2 aliphatic rings. The molecule has 17 nitrogen and oxygen atoms in total. The molecule has 0 aliphatic carbocycles. The molecule has 2 aliphatic heterocycles. The number of carbonyl (C=O) groups is 2. The van der Waals surface area contributed by atoms with Crippen LogP contribution in [0, 0.1) is 0 Å². The Morgan fingerprint density at radius 1 is 0.510 bits per heavy atom. The van der Waals surface area contributed by atoms with Crippen molar-refractivity contribution in [2.24, 2.45) is 0 Å². The molecule has 0 amide bonds. The topological polar surface area (TPSA) is 239 Å². The van der Waals surface area contributed by atoms with E-state index in [0.29, 0.717) is 49.4 Å². The third kappa shape index (κ3) is 10.2. The van der Waals surface area contributed by atoms with Crippen molar-refractivity contribution in [3.8, 4) is 23.0 Å². The molecule has 4 rings (SSSR count). The Kier molecular flexibility index (Phi) is 14.6. The van der Waals surface area contributed by atoms with Crippen molar-refractivity contribution in [3.05, 3.63) is 47.5 Å². The van der Waals surface area contributed by atoms with Crippen LogP contribution in [0.3, 0.4) is 0 Å². The molecule has 2 saturated heterocycles. The van der Waals surface area contributed by atoms with Gasteiger partial charge in [0.25, 0.3) is 0 Å².